The lowest BCUT2D eigenvalue weighted by Crippen LogP contribution is -2.53. The lowest BCUT2D eigenvalue weighted by molar-refractivity contribution is -0.147. The van der Waals surface area contributed by atoms with E-state index < -0.39 is 11.5 Å². The Balaban J connectivity index is 1.77. The van der Waals surface area contributed by atoms with Gasteiger partial charge in [0.25, 0.3) is 0 Å². The van der Waals surface area contributed by atoms with E-state index in [4.69, 9.17) is 15.6 Å². The highest BCUT2D eigenvalue weighted by molar-refractivity contribution is 5.78. The third kappa shape index (κ3) is 3.45. The molecule has 0 bridgehead atoms. The Bertz CT molecular complexity index is 289. The van der Waals surface area contributed by atoms with Crippen molar-refractivity contribution in [2.45, 2.75) is 69.4 Å². The van der Waals surface area contributed by atoms with Crippen molar-refractivity contribution in [2.24, 2.45) is 11.7 Å². The summed E-state index contributed by atoms with van der Waals surface area (Å²) in [6.45, 7) is 0.792. The minimum absolute atomic E-state index is 0.0433. The number of carboxylic acids is 1. The summed E-state index contributed by atoms with van der Waals surface area (Å²) in [4.78, 5) is 11.1. The van der Waals surface area contributed by atoms with Crippen molar-refractivity contribution in [3.05, 3.63) is 0 Å². The van der Waals surface area contributed by atoms with Crippen LogP contribution < -0.4 is 5.73 Å². The Morgan fingerprint density at radius 2 is 1.94 bits per heavy atom. The van der Waals surface area contributed by atoms with Crippen LogP contribution in [0, 0.1) is 5.92 Å². The van der Waals surface area contributed by atoms with Crippen LogP contribution >= 0.6 is 0 Å². The summed E-state index contributed by atoms with van der Waals surface area (Å²) in [6.07, 6.45) is 9.41. The Labute approximate surface area is 109 Å². The summed E-state index contributed by atoms with van der Waals surface area (Å²) in [5.74, 6) is -0.203. The zero-order chi connectivity index (χ0) is 13.0. The molecule has 2 aliphatic rings. The van der Waals surface area contributed by atoms with E-state index in [2.05, 4.69) is 0 Å². The van der Waals surface area contributed by atoms with Gasteiger partial charge < -0.3 is 15.6 Å². The number of aliphatic carboxylic acids is 1. The first kappa shape index (κ1) is 13.8. The topological polar surface area (TPSA) is 72.6 Å². The van der Waals surface area contributed by atoms with Crippen LogP contribution in [0.2, 0.25) is 0 Å². The molecule has 0 heterocycles. The van der Waals surface area contributed by atoms with Crippen LogP contribution in [-0.2, 0) is 9.53 Å². The SMILES string of the molecule is NC1(C(=O)O)CCCC(OCC2CCCCC2)C1. The van der Waals surface area contributed by atoms with Gasteiger partial charge in [0.05, 0.1) is 6.10 Å². The molecule has 2 unspecified atom stereocenters. The third-order valence-electron chi connectivity index (χ3n) is 4.46. The van der Waals surface area contributed by atoms with E-state index >= 15 is 0 Å². The Morgan fingerprint density at radius 3 is 2.61 bits per heavy atom. The number of carboxylic acid groups (broad SMARTS) is 1. The Kier molecular flexibility index (Phi) is 4.62. The summed E-state index contributed by atoms with van der Waals surface area (Å²) < 4.78 is 5.92. The van der Waals surface area contributed by atoms with E-state index in [-0.39, 0.29) is 6.10 Å². The summed E-state index contributed by atoms with van der Waals surface area (Å²) in [5.41, 5.74) is 4.86. The van der Waals surface area contributed by atoms with E-state index in [0.717, 1.165) is 19.4 Å². The van der Waals surface area contributed by atoms with E-state index in [9.17, 15) is 4.79 Å². The first-order chi connectivity index (χ1) is 8.60. The van der Waals surface area contributed by atoms with Gasteiger partial charge in [-0.15, -0.1) is 0 Å². The summed E-state index contributed by atoms with van der Waals surface area (Å²) in [5, 5.41) is 9.15. The second-order valence-corrected chi connectivity index (χ2v) is 6.02. The molecule has 4 heteroatoms. The zero-order valence-corrected chi connectivity index (χ0v) is 11.1. The van der Waals surface area contributed by atoms with Crippen LogP contribution in [0.3, 0.4) is 0 Å². The van der Waals surface area contributed by atoms with E-state index in [0.29, 0.717) is 18.8 Å². The van der Waals surface area contributed by atoms with Crippen LogP contribution in [0.4, 0.5) is 0 Å². The summed E-state index contributed by atoms with van der Waals surface area (Å²) >= 11 is 0. The zero-order valence-electron chi connectivity index (χ0n) is 11.1. The highest BCUT2D eigenvalue weighted by atomic mass is 16.5. The first-order valence-corrected chi connectivity index (χ1v) is 7.24. The monoisotopic (exact) mass is 255 g/mol. The van der Waals surface area contributed by atoms with Crippen LogP contribution in [0.25, 0.3) is 0 Å². The van der Waals surface area contributed by atoms with Gasteiger partial charge in [0, 0.05) is 13.0 Å². The minimum atomic E-state index is -1.06. The van der Waals surface area contributed by atoms with Gasteiger partial charge in [-0.05, 0) is 38.0 Å². The molecule has 0 aromatic carbocycles. The van der Waals surface area contributed by atoms with Crippen molar-refractivity contribution in [1.82, 2.24) is 0 Å². The fraction of sp³-hybridized carbons (Fsp3) is 0.929. The number of nitrogens with two attached hydrogens (primary N) is 1. The van der Waals surface area contributed by atoms with Gasteiger partial charge in [0.2, 0.25) is 0 Å². The van der Waals surface area contributed by atoms with Crippen LogP contribution in [0.5, 0.6) is 0 Å². The van der Waals surface area contributed by atoms with Gasteiger partial charge >= 0.3 is 5.97 Å². The molecule has 0 amide bonds. The fourth-order valence-corrected chi connectivity index (χ4v) is 3.22. The van der Waals surface area contributed by atoms with Crippen molar-refractivity contribution < 1.29 is 14.6 Å². The van der Waals surface area contributed by atoms with Gasteiger partial charge in [-0.25, -0.2) is 0 Å². The number of ether oxygens (including phenoxy) is 1. The van der Waals surface area contributed by atoms with Crippen molar-refractivity contribution in [1.29, 1.82) is 0 Å². The molecule has 2 fully saturated rings. The summed E-state index contributed by atoms with van der Waals surface area (Å²) in [6, 6.07) is 0. The molecular formula is C14H25NO3. The predicted molar refractivity (Wildman–Crippen MR) is 69.3 cm³/mol. The van der Waals surface area contributed by atoms with Gasteiger partial charge in [0.15, 0.2) is 0 Å². The van der Waals surface area contributed by atoms with E-state index in [1.807, 2.05) is 0 Å². The molecule has 0 aromatic heterocycles. The molecular weight excluding hydrogens is 230 g/mol. The van der Waals surface area contributed by atoms with E-state index in [1.54, 1.807) is 0 Å². The van der Waals surface area contributed by atoms with Crippen molar-refractivity contribution >= 4 is 5.97 Å². The number of hydrogen-bond donors (Lipinski definition) is 2. The molecule has 0 saturated heterocycles. The average molecular weight is 255 g/mol. The highest BCUT2D eigenvalue weighted by Gasteiger charge is 2.39. The molecule has 4 nitrogen and oxygen atoms in total. The first-order valence-electron chi connectivity index (χ1n) is 7.24. The van der Waals surface area contributed by atoms with E-state index in [1.165, 1.54) is 32.1 Å². The molecule has 3 N–H and O–H groups in total. The molecule has 0 spiro atoms. The lowest BCUT2D eigenvalue weighted by atomic mass is 9.81. The molecule has 18 heavy (non-hydrogen) atoms. The molecule has 0 aromatic rings. The number of rotatable bonds is 4. The lowest BCUT2D eigenvalue weighted by Gasteiger charge is -2.35. The largest absolute Gasteiger partial charge is 0.480 e. The van der Waals surface area contributed by atoms with Crippen molar-refractivity contribution in [3.8, 4) is 0 Å². The Hall–Kier alpha value is -0.610. The van der Waals surface area contributed by atoms with Crippen LogP contribution in [0.15, 0.2) is 0 Å². The van der Waals surface area contributed by atoms with Gasteiger partial charge in [0.1, 0.15) is 5.54 Å². The fourth-order valence-electron chi connectivity index (χ4n) is 3.22. The minimum Gasteiger partial charge on any atom is -0.480 e. The van der Waals surface area contributed by atoms with Crippen molar-refractivity contribution in [3.63, 3.8) is 0 Å². The highest BCUT2D eigenvalue weighted by Crippen LogP contribution is 2.30. The molecule has 0 aliphatic heterocycles. The number of hydrogen-bond acceptors (Lipinski definition) is 3. The normalized spacial score (nSPS) is 34.4. The second-order valence-electron chi connectivity index (χ2n) is 6.02. The Morgan fingerprint density at radius 1 is 1.22 bits per heavy atom. The maximum Gasteiger partial charge on any atom is 0.323 e. The van der Waals surface area contributed by atoms with Gasteiger partial charge in [-0.1, -0.05) is 19.3 Å². The summed E-state index contributed by atoms with van der Waals surface area (Å²) in [7, 11) is 0. The van der Waals surface area contributed by atoms with Gasteiger partial charge in [-0.2, -0.15) is 0 Å². The van der Waals surface area contributed by atoms with Crippen LogP contribution in [0.1, 0.15) is 57.8 Å². The standard InChI is InChI=1S/C14H25NO3/c15-14(13(16)17)8-4-7-12(9-14)18-10-11-5-2-1-3-6-11/h11-12H,1-10,15H2,(H,16,17). The molecule has 0 radical (unpaired) electrons. The van der Waals surface area contributed by atoms with Gasteiger partial charge in [-0.3, -0.25) is 4.79 Å². The maximum absolute atomic E-state index is 11.1. The molecule has 104 valence electrons. The third-order valence-corrected chi connectivity index (χ3v) is 4.46. The molecule has 2 atom stereocenters. The smallest absolute Gasteiger partial charge is 0.323 e. The quantitative estimate of drug-likeness (QED) is 0.808. The molecule has 2 saturated carbocycles. The molecule has 2 rings (SSSR count). The average Bonchev–Trinajstić information content (AvgIpc) is 2.38. The van der Waals surface area contributed by atoms with Crippen molar-refractivity contribution in [2.75, 3.05) is 6.61 Å². The van der Waals surface area contributed by atoms with Crippen LogP contribution in [-0.4, -0.2) is 29.3 Å². The molecule has 2 aliphatic carbocycles. The number of carbonyl (C=O) groups is 1. The second kappa shape index (κ2) is 6.02. The maximum atomic E-state index is 11.1. The predicted octanol–water partition coefficient (Wildman–Crippen LogP) is 2.31.